The average Bonchev–Trinajstić information content (AvgIpc) is 3.63. The van der Waals surface area contributed by atoms with Crippen LogP contribution in [0.5, 0.6) is 5.75 Å². The zero-order valence-electron chi connectivity index (χ0n) is 22.8. The Labute approximate surface area is 249 Å². The van der Waals surface area contributed by atoms with E-state index in [4.69, 9.17) is 43.9 Å². The summed E-state index contributed by atoms with van der Waals surface area (Å²) < 4.78 is 30.2. The molecule has 0 atom stereocenters. The van der Waals surface area contributed by atoms with Crippen molar-refractivity contribution in [3.8, 4) is 5.75 Å². The molecule has 5 N–H and O–H groups in total. The first-order chi connectivity index (χ1) is 19.7. The van der Waals surface area contributed by atoms with Crippen molar-refractivity contribution < 1.29 is 13.5 Å². The minimum atomic E-state index is -3.98. The Morgan fingerprint density at radius 3 is 2.32 bits per heavy atom. The highest BCUT2D eigenvalue weighted by Gasteiger charge is 2.33. The molecule has 2 aliphatic carbocycles. The maximum atomic E-state index is 13.3. The number of phenolic OH excluding ortho intramolecular Hbond substituents is 1. The third kappa shape index (κ3) is 5.94. The molecular formula is C27H36Cl2N8O3S. The number of sulfonamides is 1. The Morgan fingerprint density at radius 2 is 1.61 bits per heavy atom. The standard InChI is InChI=1S/C27H36Cl2N8O3S/c28-16-13-21(29)24(38)22(14-16)41(39,40)36-11-9-19(10-12-36)32-25-23-26(37(15-31-23)20-3-1-2-4-20)35-27(34-25)33-18-7-5-17(30)6-8-18/h13-15,17-20,38H,1-12,30H2,(H2,32,33,34,35)/t17-,18-. The molecule has 1 aromatic carbocycles. The van der Waals surface area contributed by atoms with Gasteiger partial charge in [-0.15, -0.1) is 0 Å². The number of piperidine rings is 1. The van der Waals surface area contributed by atoms with Crippen molar-refractivity contribution in [2.24, 2.45) is 5.73 Å². The molecule has 2 aromatic heterocycles. The number of aromatic nitrogens is 4. The molecule has 222 valence electrons. The van der Waals surface area contributed by atoms with Crippen LogP contribution in [-0.4, -0.2) is 68.6 Å². The number of nitrogens with zero attached hydrogens (tertiary/aromatic N) is 5. The van der Waals surface area contributed by atoms with Crippen LogP contribution < -0.4 is 16.4 Å². The zero-order valence-corrected chi connectivity index (χ0v) is 25.1. The third-order valence-electron chi connectivity index (χ3n) is 8.65. The smallest absolute Gasteiger partial charge is 0.246 e. The fraction of sp³-hybridized carbons (Fsp3) is 0.593. The summed E-state index contributed by atoms with van der Waals surface area (Å²) in [5.74, 6) is 0.744. The van der Waals surface area contributed by atoms with Gasteiger partial charge in [-0.1, -0.05) is 36.0 Å². The highest BCUT2D eigenvalue weighted by molar-refractivity contribution is 7.89. The van der Waals surface area contributed by atoms with Gasteiger partial charge in [-0.25, -0.2) is 13.4 Å². The van der Waals surface area contributed by atoms with Crippen LogP contribution in [0.15, 0.2) is 23.4 Å². The minimum Gasteiger partial charge on any atom is -0.505 e. The molecule has 1 saturated heterocycles. The van der Waals surface area contributed by atoms with Crippen LogP contribution in [0.25, 0.3) is 11.2 Å². The first-order valence-corrected chi connectivity index (χ1v) is 16.6. The second-order valence-electron chi connectivity index (χ2n) is 11.5. The van der Waals surface area contributed by atoms with Crippen LogP contribution in [0.2, 0.25) is 10.0 Å². The summed E-state index contributed by atoms with van der Waals surface area (Å²) in [6.45, 7) is 0.531. The lowest BCUT2D eigenvalue weighted by Crippen LogP contribution is -2.42. The molecule has 0 unspecified atom stereocenters. The van der Waals surface area contributed by atoms with Crippen LogP contribution in [-0.2, 0) is 10.0 Å². The number of halogens is 2. The Bertz CT molecular complexity index is 1510. The lowest BCUT2D eigenvalue weighted by atomic mass is 9.92. The van der Waals surface area contributed by atoms with Crippen LogP contribution >= 0.6 is 23.2 Å². The lowest BCUT2D eigenvalue weighted by Gasteiger charge is -2.32. The van der Waals surface area contributed by atoms with Crippen molar-refractivity contribution in [1.82, 2.24) is 23.8 Å². The number of aromatic hydroxyl groups is 1. The molecule has 3 heterocycles. The highest BCUT2D eigenvalue weighted by Crippen LogP contribution is 2.37. The number of hydrogen-bond acceptors (Lipinski definition) is 9. The number of anilines is 2. The molecular weight excluding hydrogens is 587 g/mol. The quantitative estimate of drug-likeness (QED) is 0.288. The van der Waals surface area contributed by atoms with Crippen molar-refractivity contribution in [2.75, 3.05) is 23.7 Å². The first-order valence-electron chi connectivity index (χ1n) is 14.4. The van der Waals surface area contributed by atoms with E-state index in [0.717, 1.165) is 49.7 Å². The average molecular weight is 624 g/mol. The van der Waals surface area contributed by atoms with Gasteiger partial charge >= 0.3 is 0 Å². The van der Waals surface area contributed by atoms with Gasteiger partial charge in [-0.2, -0.15) is 14.3 Å². The van der Waals surface area contributed by atoms with Crippen LogP contribution in [0, 0.1) is 0 Å². The van der Waals surface area contributed by atoms with Crippen molar-refractivity contribution in [1.29, 1.82) is 0 Å². The van der Waals surface area contributed by atoms with E-state index in [1.807, 2.05) is 6.33 Å². The van der Waals surface area contributed by atoms with Crippen LogP contribution in [0.4, 0.5) is 11.8 Å². The van der Waals surface area contributed by atoms with Crippen molar-refractivity contribution >= 4 is 56.2 Å². The molecule has 41 heavy (non-hydrogen) atoms. The van der Waals surface area contributed by atoms with E-state index in [9.17, 15) is 13.5 Å². The van der Waals surface area contributed by atoms with E-state index in [1.54, 1.807) is 0 Å². The molecule has 0 amide bonds. The number of nitrogens with one attached hydrogen (secondary N) is 2. The Hall–Kier alpha value is -2.38. The van der Waals surface area contributed by atoms with Crippen molar-refractivity contribution in [3.05, 3.63) is 28.5 Å². The van der Waals surface area contributed by atoms with Gasteiger partial charge in [0.2, 0.25) is 16.0 Å². The summed E-state index contributed by atoms with van der Waals surface area (Å²) in [6, 6.07) is 3.44. The Morgan fingerprint density at radius 1 is 0.927 bits per heavy atom. The molecule has 0 spiro atoms. The second-order valence-corrected chi connectivity index (χ2v) is 14.2. The predicted octanol–water partition coefficient (Wildman–Crippen LogP) is 4.90. The molecule has 3 aromatic rings. The fourth-order valence-electron chi connectivity index (χ4n) is 6.29. The number of phenols is 1. The fourth-order valence-corrected chi connectivity index (χ4v) is 8.50. The summed E-state index contributed by atoms with van der Waals surface area (Å²) in [7, 11) is -3.98. The van der Waals surface area contributed by atoms with Gasteiger partial charge in [0, 0.05) is 42.3 Å². The number of benzene rings is 1. The lowest BCUT2D eigenvalue weighted by molar-refractivity contribution is 0.328. The summed E-state index contributed by atoms with van der Waals surface area (Å²) >= 11 is 12.0. The number of imidazole rings is 1. The number of fused-ring (bicyclic) bond motifs is 1. The summed E-state index contributed by atoms with van der Waals surface area (Å²) in [6.07, 6.45) is 11.5. The van der Waals surface area contributed by atoms with Crippen LogP contribution in [0.3, 0.4) is 0 Å². The molecule has 3 fully saturated rings. The molecule has 11 nitrogen and oxygen atoms in total. The molecule has 14 heteroatoms. The van der Waals surface area contributed by atoms with Crippen molar-refractivity contribution in [3.63, 3.8) is 0 Å². The molecule has 3 aliphatic rings. The maximum absolute atomic E-state index is 13.3. The van der Waals surface area contributed by atoms with Crippen molar-refractivity contribution in [2.45, 2.75) is 93.3 Å². The molecule has 2 saturated carbocycles. The van der Waals surface area contributed by atoms with E-state index in [2.05, 4.69) is 15.2 Å². The predicted molar refractivity (Wildman–Crippen MR) is 160 cm³/mol. The largest absolute Gasteiger partial charge is 0.505 e. The SMILES string of the molecule is N[C@H]1CC[C@H](Nc2nc(NC3CCN(S(=O)(=O)c4cc(Cl)cc(Cl)c4O)CC3)c3ncn(C4CCCC4)c3n2)CC1. The van der Waals surface area contributed by atoms with E-state index >= 15 is 0 Å². The van der Waals surface area contributed by atoms with Crippen LogP contribution in [0.1, 0.15) is 70.3 Å². The van der Waals surface area contributed by atoms with Gasteiger partial charge in [-0.05, 0) is 63.5 Å². The topological polar surface area (TPSA) is 151 Å². The summed E-state index contributed by atoms with van der Waals surface area (Å²) in [5, 5.41) is 17.5. The van der Waals surface area contributed by atoms with E-state index < -0.39 is 15.8 Å². The van der Waals surface area contributed by atoms with Gasteiger partial charge in [-0.3, -0.25) is 0 Å². The monoisotopic (exact) mass is 622 g/mol. The second kappa shape index (κ2) is 11.7. The molecule has 6 rings (SSSR count). The van der Waals surface area contributed by atoms with Gasteiger partial charge in [0.05, 0.1) is 11.3 Å². The zero-order chi connectivity index (χ0) is 28.7. The van der Waals surface area contributed by atoms with E-state index in [-0.39, 0.29) is 46.2 Å². The van der Waals surface area contributed by atoms with Gasteiger partial charge in [0.25, 0.3) is 0 Å². The van der Waals surface area contributed by atoms with E-state index in [0.29, 0.717) is 30.6 Å². The van der Waals surface area contributed by atoms with Gasteiger partial charge in [0.1, 0.15) is 4.90 Å². The number of rotatable bonds is 7. The summed E-state index contributed by atoms with van der Waals surface area (Å²) in [5.41, 5.74) is 7.65. The van der Waals surface area contributed by atoms with E-state index in [1.165, 1.54) is 29.3 Å². The Balaban J connectivity index is 1.21. The van der Waals surface area contributed by atoms with Gasteiger partial charge in [0.15, 0.2) is 22.7 Å². The summed E-state index contributed by atoms with van der Waals surface area (Å²) in [4.78, 5) is 14.2. The number of nitrogens with two attached hydrogens (primary N) is 1. The van der Waals surface area contributed by atoms with Gasteiger partial charge < -0.3 is 26.0 Å². The molecule has 0 bridgehead atoms. The molecule has 0 radical (unpaired) electrons. The minimum absolute atomic E-state index is 0.0201. The third-order valence-corrected chi connectivity index (χ3v) is 11.1. The first kappa shape index (κ1) is 28.7. The highest BCUT2D eigenvalue weighted by atomic mass is 35.5. The normalized spacial score (nSPS) is 23.3. The Kier molecular flexibility index (Phi) is 8.21. The maximum Gasteiger partial charge on any atom is 0.246 e. The molecule has 1 aliphatic heterocycles. The number of hydrogen-bond donors (Lipinski definition) is 4.